The number of ether oxygens (including phenoxy) is 4. The second-order valence-electron chi connectivity index (χ2n) is 21.7. The number of amides is 5. The molecule has 3 aromatic rings. The van der Waals surface area contributed by atoms with Gasteiger partial charge in [-0.2, -0.15) is 0 Å². The standard InChI is InChI=1S/C60H89N5O14/c1-5-6-7-8-9-10-11-12-13-14-15-16-22-39(4)52(68)48(37-76-57-55(71)54(70)53(69)50(34-66)79-57)64-59(74)77-35-40-28-30-42(31-29-40)63-56(72)41(23-21-32-62-58(61)73)33-49(67)51(38(2)3)65-60(75)78-36-47-45-26-19-17-24-43(45)44-25-18-20-27-46(44)47/h17-20,24-31,38-39,41,47-48,50-55,57,66,68-71H,5-16,21-23,32-37H2,1-4H3,(H,63,72)(H,64,74)(H,65,75)(H3,61,62,73)/t39-,41-,48+,50?,51?,52-,53+,54+,55?,57+/m1/s1. The average molecular weight is 1100 g/mol. The molecule has 11 N–H and O–H groups in total. The van der Waals surface area contributed by atoms with E-state index in [0.717, 1.165) is 47.9 Å². The summed E-state index contributed by atoms with van der Waals surface area (Å²) in [6.45, 7) is 6.66. The molecular formula is C60H89N5O14. The number of anilines is 1. The summed E-state index contributed by atoms with van der Waals surface area (Å²) in [6, 6.07) is 19.7. The van der Waals surface area contributed by atoms with Crippen LogP contribution in [0, 0.1) is 17.8 Å². The number of alkyl carbamates (subject to hydrolysis) is 2. The van der Waals surface area contributed by atoms with Crippen molar-refractivity contribution in [1.29, 1.82) is 0 Å². The number of unbranched alkanes of at least 4 members (excludes halogenated alkanes) is 11. The van der Waals surface area contributed by atoms with Gasteiger partial charge < -0.3 is 71.5 Å². The van der Waals surface area contributed by atoms with Crippen LogP contribution in [0.15, 0.2) is 72.8 Å². The third-order valence-corrected chi connectivity index (χ3v) is 15.2. The molecule has 1 fully saturated rings. The molecule has 1 aliphatic heterocycles. The van der Waals surface area contributed by atoms with E-state index < -0.39 is 85.5 Å². The maximum absolute atomic E-state index is 14.0. The minimum Gasteiger partial charge on any atom is -0.449 e. The van der Waals surface area contributed by atoms with Gasteiger partial charge in [0.1, 0.15) is 37.6 Å². The lowest BCUT2D eigenvalue weighted by Gasteiger charge is -2.40. The Morgan fingerprint density at radius 3 is 1.86 bits per heavy atom. The number of nitrogens with one attached hydrogen (secondary N) is 4. The molecule has 1 saturated heterocycles. The first-order valence-corrected chi connectivity index (χ1v) is 28.6. The van der Waals surface area contributed by atoms with Gasteiger partial charge in [-0.05, 0) is 71.0 Å². The predicted molar refractivity (Wildman–Crippen MR) is 300 cm³/mol. The molecule has 0 bridgehead atoms. The van der Waals surface area contributed by atoms with Gasteiger partial charge >= 0.3 is 18.2 Å². The van der Waals surface area contributed by atoms with Crippen LogP contribution in [-0.4, -0.2) is 131 Å². The number of Topliss-reactive ketones (excluding diaryl/α,β-unsaturated/α-hetero) is 1. The zero-order valence-electron chi connectivity index (χ0n) is 46.7. The van der Waals surface area contributed by atoms with Gasteiger partial charge in [0.05, 0.1) is 31.4 Å². The van der Waals surface area contributed by atoms with E-state index in [1.54, 1.807) is 38.1 Å². The summed E-state index contributed by atoms with van der Waals surface area (Å²) in [5.74, 6) is -2.52. The number of rotatable bonds is 35. The van der Waals surface area contributed by atoms with Gasteiger partial charge in [0.25, 0.3) is 0 Å². The van der Waals surface area contributed by atoms with E-state index in [1.165, 1.54) is 51.4 Å². The number of primary amides is 1. The monoisotopic (exact) mass is 1100 g/mol. The highest BCUT2D eigenvalue weighted by molar-refractivity contribution is 5.97. The first-order chi connectivity index (χ1) is 38.0. The van der Waals surface area contributed by atoms with Crippen molar-refractivity contribution in [2.24, 2.45) is 23.5 Å². The molecule has 19 heteroatoms. The van der Waals surface area contributed by atoms with Crippen molar-refractivity contribution in [3.63, 3.8) is 0 Å². The summed E-state index contributed by atoms with van der Waals surface area (Å²) in [4.78, 5) is 65.9. The lowest BCUT2D eigenvalue weighted by atomic mass is 9.89. The van der Waals surface area contributed by atoms with Crippen LogP contribution in [0.2, 0.25) is 0 Å². The quantitative estimate of drug-likeness (QED) is 0.0253. The molecule has 3 unspecified atom stereocenters. The van der Waals surface area contributed by atoms with Gasteiger partial charge in [0.2, 0.25) is 5.91 Å². The Hall–Kier alpha value is -5.67. The number of aliphatic hydroxyl groups excluding tert-OH is 5. The molecule has 0 spiro atoms. The van der Waals surface area contributed by atoms with Crippen LogP contribution in [0.25, 0.3) is 11.1 Å². The fourth-order valence-corrected chi connectivity index (χ4v) is 10.4. The summed E-state index contributed by atoms with van der Waals surface area (Å²) in [5.41, 5.74) is 10.5. The van der Waals surface area contributed by atoms with Crippen molar-refractivity contribution in [3.8, 4) is 11.1 Å². The summed E-state index contributed by atoms with van der Waals surface area (Å²) >= 11 is 0. The van der Waals surface area contributed by atoms with E-state index >= 15 is 0 Å². The first-order valence-electron chi connectivity index (χ1n) is 28.6. The van der Waals surface area contributed by atoms with E-state index in [1.807, 2.05) is 55.5 Å². The molecule has 3 aromatic carbocycles. The largest absolute Gasteiger partial charge is 0.449 e. The number of carbonyl (C=O) groups excluding carboxylic acids is 5. The van der Waals surface area contributed by atoms with Crippen LogP contribution in [0.1, 0.15) is 153 Å². The third-order valence-electron chi connectivity index (χ3n) is 15.2. The fourth-order valence-electron chi connectivity index (χ4n) is 10.4. The van der Waals surface area contributed by atoms with E-state index in [4.69, 9.17) is 24.7 Å². The van der Waals surface area contributed by atoms with Gasteiger partial charge in [-0.3, -0.25) is 9.59 Å². The average Bonchev–Trinajstić information content (AvgIpc) is 3.82. The summed E-state index contributed by atoms with van der Waals surface area (Å²) < 4.78 is 22.6. The van der Waals surface area contributed by atoms with Crippen LogP contribution < -0.4 is 27.0 Å². The van der Waals surface area contributed by atoms with Crippen LogP contribution in [0.4, 0.5) is 20.1 Å². The first kappa shape index (κ1) is 64.2. The van der Waals surface area contributed by atoms with E-state index in [-0.39, 0.29) is 62.7 Å². The zero-order valence-corrected chi connectivity index (χ0v) is 46.7. The number of urea groups is 1. The number of carbonyl (C=O) groups is 5. The van der Waals surface area contributed by atoms with Gasteiger partial charge in [-0.1, -0.05) is 165 Å². The summed E-state index contributed by atoms with van der Waals surface area (Å²) in [6.07, 6.45) is 4.83. The second kappa shape index (κ2) is 33.8. The lowest BCUT2D eigenvalue weighted by Crippen LogP contribution is -2.60. The molecule has 5 amide bonds. The molecule has 5 rings (SSSR count). The zero-order chi connectivity index (χ0) is 57.3. The Morgan fingerprint density at radius 1 is 0.696 bits per heavy atom. The Kier molecular flexibility index (Phi) is 27.5. The Balaban J connectivity index is 1.14. The highest BCUT2D eigenvalue weighted by Crippen LogP contribution is 2.44. The van der Waals surface area contributed by atoms with E-state index in [2.05, 4.69) is 28.2 Å². The van der Waals surface area contributed by atoms with Crippen LogP contribution in [0.3, 0.4) is 0 Å². The third kappa shape index (κ3) is 20.4. The Bertz CT molecular complexity index is 2290. The van der Waals surface area contributed by atoms with Crippen molar-refractivity contribution < 1.29 is 68.5 Å². The van der Waals surface area contributed by atoms with Gasteiger partial charge in [-0.25, -0.2) is 14.4 Å². The number of hydrogen-bond donors (Lipinski definition) is 10. The SMILES string of the molecule is CCCCCCCCCCCCCC[C@@H](C)[C@@H](O)[C@H](CO[C@H]1OC(CO)[C@H](O)[C@H](O)C1O)NC(=O)OCc1ccc(NC(=O)[C@H](CCCNC(N)=O)CC(=O)C(NC(=O)OCC2c3ccccc3-c3ccccc32)C(C)C)cc1. The molecule has 79 heavy (non-hydrogen) atoms. The number of nitrogens with two attached hydrogens (primary N) is 1. The van der Waals surface area contributed by atoms with Gasteiger partial charge in [0.15, 0.2) is 12.1 Å². The molecule has 10 atom stereocenters. The van der Waals surface area contributed by atoms with Crippen LogP contribution in [-0.2, 0) is 35.1 Å². The van der Waals surface area contributed by atoms with E-state index in [0.29, 0.717) is 24.1 Å². The van der Waals surface area contributed by atoms with Crippen molar-refractivity contribution in [3.05, 3.63) is 89.5 Å². The molecule has 0 aromatic heterocycles. The van der Waals surface area contributed by atoms with Crippen LogP contribution >= 0.6 is 0 Å². The van der Waals surface area contributed by atoms with Crippen LogP contribution in [0.5, 0.6) is 0 Å². The molecule has 1 aliphatic carbocycles. The van der Waals surface area contributed by atoms with Crippen molar-refractivity contribution >= 4 is 35.6 Å². The fraction of sp³-hybridized carbons (Fsp3) is 0.617. The lowest BCUT2D eigenvalue weighted by molar-refractivity contribution is -0.303. The van der Waals surface area contributed by atoms with Gasteiger partial charge in [-0.15, -0.1) is 0 Å². The molecule has 0 saturated carbocycles. The smallest absolute Gasteiger partial charge is 0.407 e. The Labute approximate surface area is 466 Å². The van der Waals surface area contributed by atoms with Crippen molar-refractivity contribution in [2.45, 2.75) is 192 Å². The highest BCUT2D eigenvalue weighted by Gasteiger charge is 2.45. The maximum Gasteiger partial charge on any atom is 0.407 e. The molecule has 19 nitrogen and oxygen atoms in total. The minimum atomic E-state index is -1.68. The number of aliphatic hydroxyl groups is 5. The number of fused-ring (bicyclic) bond motifs is 3. The summed E-state index contributed by atoms with van der Waals surface area (Å²) in [7, 11) is 0. The Morgan fingerprint density at radius 2 is 1.28 bits per heavy atom. The normalized spacial score (nSPS) is 19.7. The second-order valence-corrected chi connectivity index (χ2v) is 21.7. The van der Waals surface area contributed by atoms with Gasteiger partial charge in [0, 0.05) is 30.5 Å². The number of benzene rings is 3. The maximum atomic E-state index is 14.0. The molecule has 1 heterocycles. The predicted octanol–water partition coefficient (Wildman–Crippen LogP) is 7.71. The molecule has 0 radical (unpaired) electrons. The molecule has 2 aliphatic rings. The summed E-state index contributed by atoms with van der Waals surface area (Å²) in [5, 5.41) is 63.2. The number of hydrogen-bond acceptors (Lipinski definition) is 14. The highest BCUT2D eigenvalue weighted by atomic mass is 16.7. The van der Waals surface area contributed by atoms with Crippen molar-refractivity contribution in [1.82, 2.24) is 16.0 Å². The molecule has 438 valence electrons. The minimum absolute atomic E-state index is 0.0605. The topological polar surface area (TPSA) is 298 Å². The van der Waals surface area contributed by atoms with E-state index in [9.17, 15) is 49.5 Å². The molecular weight excluding hydrogens is 1010 g/mol. The number of ketones is 1. The van der Waals surface area contributed by atoms with Crippen molar-refractivity contribution in [2.75, 3.05) is 31.7 Å².